The molecule has 0 bridgehead atoms. The average Bonchev–Trinajstić information content (AvgIpc) is 2.76. The van der Waals surface area contributed by atoms with Crippen LogP contribution in [-0.4, -0.2) is 35.6 Å². The first-order valence-electron chi connectivity index (χ1n) is 6.62. The third-order valence-electron chi connectivity index (χ3n) is 3.52. The Kier molecular flexibility index (Phi) is 4.02. The number of carbonyl (C=O) groups is 1. The molecule has 0 saturated carbocycles. The fraction of sp³-hybridized carbons (Fsp3) is 0.533. The lowest BCUT2D eigenvalue weighted by Gasteiger charge is -2.18. The molecule has 1 unspecified atom stereocenters. The molecular formula is C15H21NO2. The van der Waals surface area contributed by atoms with Gasteiger partial charge in [-0.3, -0.25) is 0 Å². The van der Waals surface area contributed by atoms with Crippen LogP contribution in [0.1, 0.15) is 42.1 Å². The number of hydrogen-bond donors (Lipinski definition) is 1. The van der Waals surface area contributed by atoms with E-state index in [-0.39, 0.29) is 0 Å². The number of nitrogens with zero attached hydrogens (tertiary/aromatic N) is 1. The van der Waals surface area contributed by atoms with Crippen molar-refractivity contribution in [3.63, 3.8) is 0 Å². The molecule has 1 fully saturated rings. The molecule has 3 nitrogen and oxygen atoms in total. The van der Waals surface area contributed by atoms with Gasteiger partial charge in [0.25, 0.3) is 0 Å². The van der Waals surface area contributed by atoms with Crippen LogP contribution in [-0.2, 0) is 0 Å². The number of carboxylic acid groups (broad SMARTS) is 1. The Labute approximate surface area is 108 Å². The summed E-state index contributed by atoms with van der Waals surface area (Å²) in [5.74, 6) is 0.416. The summed E-state index contributed by atoms with van der Waals surface area (Å²) in [5, 5.41) is 8.87. The van der Waals surface area contributed by atoms with Gasteiger partial charge in [0.05, 0.1) is 5.56 Å². The van der Waals surface area contributed by atoms with Gasteiger partial charge in [0.15, 0.2) is 0 Å². The van der Waals surface area contributed by atoms with E-state index in [1.165, 1.54) is 12.0 Å². The van der Waals surface area contributed by atoms with Gasteiger partial charge in [0, 0.05) is 13.1 Å². The average molecular weight is 247 g/mol. The molecule has 0 aliphatic carbocycles. The van der Waals surface area contributed by atoms with Crippen molar-refractivity contribution in [3.8, 4) is 0 Å². The van der Waals surface area contributed by atoms with Crippen LogP contribution in [0.3, 0.4) is 0 Å². The zero-order valence-electron chi connectivity index (χ0n) is 11.1. The van der Waals surface area contributed by atoms with Crippen molar-refractivity contribution >= 4 is 5.97 Å². The molecule has 1 aliphatic rings. The van der Waals surface area contributed by atoms with Gasteiger partial charge in [-0.2, -0.15) is 0 Å². The summed E-state index contributed by atoms with van der Waals surface area (Å²) in [6.07, 6.45) is 1.18. The van der Waals surface area contributed by atoms with E-state index >= 15 is 0 Å². The lowest BCUT2D eigenvalue weighted by Crippen LogP contribution is -2.24. The predicted octanol–water partition coefficient (Wildman–Crippen LogP) is 2.83. The third-order valence-corrected chi connectivity index (χ3v) is 3.52. The van der Waals surface area contributed by atoms with Gasteiger partial charge >= 0.3 is 5.97 Å². The SMILES string of the molecule is CC(C)CN1CCC(c2ccc(C(=O)O)cc2)C1. The van der Waals surface area contributed by atoms with Gasteiger partial charge in [-0.25, -0.2) is 4.79 Å². The topological polar surface area (TPSA) is 40.5 Å². The summed E-state index contributed by atoms with van der Waals surface area (Å²) >= 11 is 0. The lowest BCUT2D eigenvalue weighted by molar-refractivity contribution is 0.0697. The molecule has 1 aliphatic heterocycles. The quantitative estimate of drug-likeness (QED) is 0.889. The second-order valence-corrected chi connectivity index (χ2v) is 5.57. The van der Waals surface area contributed by atoms with Crippen LogP contribution in [0.15, 0.2) is 24.3 Å². The fourth-order valence-corrected chi connectivity index (χ4v) is 2.68. The monoisotopic (exact) mass is 247 g/mol. The minimum absolute atomic E-state index is 0.371. The summed E-state index contributed by atoms with van der Waals surface area (Å²) in [7, 11) is 0. The van der Waals surface area contributed by atoms with Crippen LogP contribution in [0, 0.1) is 5.92 Å². The Balaban J connectivity index is 1.99. The number of benzene rings is 1. The summed E-state index contributed by atoms with van der Waals surface area (Å²) in [4.78, 5) is 13.3. The molecular weight excluding hydrogens is 226 g/mol. The Bertz CT molecular complexity index is 411. The van der Waals surface area contributed by atoms with Crippen LogP contribution in [0.25, 0.3) is 0 Å². The van der Waals surface area contributed by atoms with Crippen LogP contribution in [0.4, 0.5) is 0 Å². The summed E-state index contributed by atoms with van der Waals surface area (Å²) in [5.41, 5.74) is 1.64. The number of likely N-dealkylation sites (tertiary alicyclic amines) is 1. The predicted molar refractivity (Wildman–Crippen MR) is 72.0 cm³/mol. The largest absolute Gasteiger partial charge is 0.478 e. The molecule has 18 heavy (non-hydrogen) atoms. The molecule has 3 heteroatoms. The van der Waals surface area contributed by atoms with E-state index < -0.39 is 5.97 Å². The molecule has 2 rings (SSSR count). The van der Waals surface area contributed by atoms with E-state index in [0.717, 1.165) is 19.6 Å². The number of hydrogen-bond acceptors (Lipinski definition) is 2. The Morgan fingerprint density at radius 2 is 2.06 bits per heavy atom. The van der Waals surface area contributed by atoms with Crippen molar-refractivity contribution in [1.29, 1.82) is 0 Å². The van der Waals surface area contributed by atoms with Gasteiger partial charge in [-0.1, -0.05) is 26.0 Å². The van der Waals surface area contributed by atoms with E-state index in [1.807, 2.05) is 12.1 Å². The minimum Gasteiger partial charge on any atom is -0.478 e. The van der Waals surface area contributed by atoms with Crippen LogP contribution in [0.5, 0.6) is 0 Å². The minimum atomic E-state index is -0.852. The molecule has 98 valence electrons. The molecule has 1 N–H and O–H groups in total. The Morgan fingerprint density at radius 3 is 2.61 bits per heavy atom. The van der Waals surface area contributed by atoms with Crippen LogP contribution < -0.4 is 0 Å². The van der Waals surface area contributed by atoms with Gasteiger partial charge < -0.3 is 10.0 Å². The summed E-state index contributed by atoms with van der Waals surface area (Å²) < 4.78 is 0. The highest BCUT2D eigenvalue weighted by Crippen LogP contribution is 2.27. The van der Waals surface area contributed by atoms with E-state index in [9.17, 15) is 4.79 Å². The lowest BCUT2D eigenvalue weighted by atomic mass is 9.97. The van der Waals surface area contributed by atoms with Gasteiger partial charge in [-0.05, 0) is 42.5 Å². The highest BCUT2D eigenvalue weighted by Gasteiger charge is 2.24. The zero-order valence-corrected chi connectivity index (χ0v) is 11.1. The molecule has 0 radical (unpaired) electrons. The maximum atomic E-state index is 10.8. The summed E-state index contributed by atoms with van der Waals surface area (Å²) in [6.45, 7) is 7.90. The molecule has 1 aromatic rings. The molecule has 1 atom stereocenters. The normalized spacial score (nSPS) is 20.5. The summed E-state index contributed by atoms with van der Waals surface area (Å²) in [6, 6.07) is 7.35. The Morgan fingerprint density at radius 1 is 1.39 bits per heavy atom. The van der Waals surface area contributed by atoms with Crippen LogP contribution >= 0.6 is 0 Å². The molecule has 0 spiro atoms. The van der Waals surface area contributed by atoms with Gasteiger partial charge in [0.1, 0.15) is 0 Å². The van der Waals surface area contributed by atoms with Crippen molar-refractivity contribution in [2.75, 3.05) is 19.6 Å². The van der Waals surface area contributed by atoms with Crippen molar-refractivity contribution in [3.05, 3.63) is 35.4 Å². The van der Waals surface area contributed by atoms with E-state index in [4.69, 9.17) is 5.11 Å². The highest BCUT2D eigenvalue weighted by molar-refractivity contribution is 5.87. The first-order chi connectivity index (χ1) is 8.56. The second kappa shape index (κ2) is 5.53. The van der Waals surface area contributed by atoms with Crippen molar-refractivity contribution < 1.29 is 9.90 Å². The van der Waals surface area contributed by atoms with Crippen molar-refractivity contribution in [1.82, 2.24) is 4.90 Å². The van der Waals surface area contributed by atoms with Crippen molar-refractivity contribution in [2.24, 2.45) is 5.92 Å². The van der Waals surface area contributed by atoms with Crippen LogP contribution in [0.2, 0.25) is 0 Å². The second-order valence-electron chi connectivity index (χ2n) is 5.57. The molecule has 1 heterocycles. The molecule has 1 aromatic carbocycles. The third kappa shape index (κ3) is 3.10. The van der Waals surface area contributed by atoms with Gasteiger partial charge in [0.2, 0.25) is 0 Å². The number of rotatable bonds is 4. The first-order valence-corrected chi connectivity index (χ1v) is 6.62. The first kappa shape index (κ1) is 13.1. The Hall–Kier alpha value is -1.35. The maximum absolute atomic E-state index is 10.8. The standard InChI is InChI=1S/C15H21NO2/c1-11(2)9-16-8-7-14(10-16)12-3-5-13(6-4-12)15(17)18/h3-6,11,14H,7-10H2,1-2H3,(H,17,18). The number of aromatic carboxylic acids is 1. The van der Waals surface area contributed by atoms with E-state index in [1.54, 1.807) is 12.1 Å². The van der Waals surface area contributed by atoms with E-state index in [0.29, 0.717) is 17.4 Å². The highest BCUT2D eigenvalue weighted by atomic mass is 16.4. The zero-order chi connectivity index (χ0) is 13.1. The van der Waals surface area contributed by atoms with E-state index in [2.05, 4.69) is 18.7 Å². The molecule has 0 amide bonds. The van der Waals surface area contributed by atoms with Gasteiger partial charge in [-0.15, -0.1) is 0 Å². The fourth-order valence-electron chi connectivity index (χ4n) is 2.68. The smallest absolute Gasteiger partial charge is 0.335 e. The van der Waals surface area contributed by atoms with Crippen molar-refractivity contribution in [2.45, 2.75) is 26.2 Å². The maximum Gasteiger partial charge on any atom is 0.335 e. The molecule has 1 saturated heterocycles. The number of carboxylic acids is 1. The molecule has 0 aromatic heterocycles.